The second kappa shape index (κ2) is 12.0. The minimum absolute atomic E-state index is 0.120. The van der Waals surface area contributed by atoms with E-state index >= 15 is 0 Å². The van der Waals surface area contributed by atoms with E-state index in [9.17, 15) is 14.4 Å². The zero-order valence-electron chi connectivity index (χ0n) is 22.3. The standard InChI is InChI=1S/C27H28ClN5O4S3/c1-27(2,3)26(36)33-22(39-16-17-4-5-21(28)40-17)14-19(30-33)18-6-8-32(15-20(34)24-29-7-13-38-24)25(35)23(18)31-9-11-37-12-10-31/h4-8,13-14H,9-12,15-16H2,1-3H3. The van der Waals surface area contributed by atoms with Gasteiger partial charge in [0, 0.05) is 52.5 Å². The van der Waals surface area contributed by atoms with Crippen LogP contribution < -0.4 is 10.5 Å². The first-order chi connectivity index (χ1) is 19.1. The third-order valence-electron chi connectivity index (χ3n) is 6.23. The molecule has 0 bridgehead atoms. The van der Waals surface area contributed by atoms with E-state index in [2.05, 4.69) is 4.98 Å². The fourth-order valence-corrected chi connectivity index (χ4v) is 6.90. The molecular weight excluding hydrogens is 590 g/mol. The number of thioether (sulfide) groups is 1. The first-order valence-corrected chi connectivity index (χ1v) is 15.7. The Hall–Kier alpha value is -2.77. The molecule has 210 valence electrons. The molecule has 13 heteroatoms. The number of Topliss-reactive ketones (excluding diaryl/α,β-unsaturated/α-hetero) is 1. The van der Waals surface area contributed by atoms with Gasteiger partial charge >= 0.3 is 0 Å². The topological polar surface area (TPSA) is 99.3 Å². The summed E-state index contributed by atoms with van der Waals surface area (Å²) in [6.07, 6.45) is 3.18. The van der Waals surface area contributed by atoms with E-state index in [1.165, 1.54) is 43.7 Å². The number of carbonyl (C=O) groups excluding carboxylic acids is 2. The number of aromatic nitrogens is 4. The monoisotopic (exact) mass is 617 g/mol. The van der Waals surface area contributed by atoms with Gasteiger partial charge in [0.05, 0.1) is 29.8 Å². The van der Waals surface area contributed by atoms with Gasteiger partial charge in [0.15, 0.2) is 5.01 Å². The Morgan fingerprint density at radius 3 is 2.60 bits per heavy atom. The van der Waals surface area contributed by atoms with Crippen molar-refractivity contribution in [3.05, 3.63) is 66.6 Å². The first-order valence-electron chi connectivity index (χ1n) is 12.6. The van der Waals surface area contributed by atoms with Crippen LogP contribution in [0.4, 0.5) is 5.69 Å². The van der Waals surface area contributed by atoms with E-state index in [0.717, 1.165) is 4.88 Å². The lowest BCUT2D eigenvalue weighted by Gasteiger charge is -2.30. The summed E-state index contributed by atoms with van der Waals surface area (Å²) in [6.45, 7) is 7.44. The molecule has 0 aliphatic carbocycles. The van der Waals surface area contributed by atoms with Crippen molar-refractivity contribution in [1.29, 1.82) is 0 Å². The van der Waals surface area contributed by atoms with Gasteiger partial charge in [-0.1, -0.05) is 32.4 Å². The van der Waals surface area contributed by atoms with Gasteiger partial charge in [0.1, 0.15) is 10.7 Å². The van der Waals surface area contributed by atoms with Crippen LogP contribution >= 0.6 is 46.0 Å². The van der Waals surface area contributed by atoms with Gasteiger partial charge < -0.3 is 14.2 Å². The largest absolute Gasteiger partial charge is 0.378 e. The van der Waals surface area contributed by atoms with Crippen LogP contribution in [-0.2, 0) is 17.0 Å². The summed E-state index contributed by atoms with van der Waals surface area (Å²) >= 11 is 10.3. The number of pyridine rings is 1. The Balaban J connectivity index is 1.57. The second-order valence-corrected chi connectivity index (χ2v) is 13.9. The lowest BCUT2D eigenvalue weighted by Crippen LogP contribution is -2.41. The van der Waals surface area contributed by atoms with E-state index < -0.39 is 5.41 Å². The number of hydrogen-bond donors (Lipinski definition) is 0. The summed E-state index contributed by atoms with van der Waals surface area (Å²) < 4.78 is 9.09. The van der Waals surface area contributed by atoms with Crippen LogP contribution in [0.2, 0.25) is 4.34 Å². The zero-order valence-corrected chi connectivity index (χ0v) is 25.5. The Morgan fingerprint density at radius 2 is 1.95 bits per heavy atom. The van der Waals surface area contributed by atoms with Crippen LogP contribution in [0, 0.1) is 5.41 Å². The van der Waals surface area contributed by atoms with Crippen LogP contribution in [-0.4, -0.2) is 57.3 Å². The van der Waals surface area contributed by atoms with Crippen LogP contribution in [0.25, 0.3) is 11.3 Å². The van der Waals surface area contributed by atoms with Crippen molar-refractivity contribution in [2.75, 3.05) is 31.2 Å². The van der Waals surface area contributed by atoms with Crippen molar-refractivity contribution >= 4 is 63.4 Å². The third kappa shape index (κ3) is 6.26. The minimum atomic E-state index is -0.669. The van der Waals surface area contributed by atoms with E-state index in [-0.39, 0.29) is 23.8 Å². The fourth-order valence-electron chi connectivity index (χ4n) is 4.21. The minimum Gasteiger partial charge on any atom is -0.378 e. The maximum absolute atomic E-state index is 13.9. The zero-order chi connectivity index (χ0) is 28.4. The average Bonchev–Trinajstić information content (AvgIpc) is 3.69. The van der Waals surface area contributed by atoms with Crippen molar-refractivity contribution in [2.24, 2.45) is 5.41 Å². The van der Waals surface area contributed by atoms with Gasteiger partial charge in [-0.05, 0) is 24.3 Å². The molecule has 0 aromatic carbocycles. The predicted octanol–water partition coefficient (Wildman–Crippen LogP) is 5.58. The van der Waals surface area contributed by atoms with Crippen LogP contribution in [0.3, 0.4) is 0 Å². The Bertz CT molecular complexity index is 1580. The fraction of sp³-hybridized carbons (Fsp3) is 0.370. The molecule has 1 saturated heterocycles. The molecular formula is C27H28ClN5O4S3. The quantitative estimate of drug-likeness (QED) is 0.187. The molecule has 0 N–H and O–H groups in total. The number of anilines is 1. The van der Waals surface area contributed by atoms with Gasteiger partial charge in [0.2, 0.25) is 5.78 Å². The smallest absolute Gasteiger partial charge is 0.275 e. The molecule has 0 radical (unpaired) electrons. The Kier molecular flexibility index (Phi) is 8.62. The number of halogens is 1. The molecule has 0 amide bonds. The summed E-state index contributed by atoms with van der Waals surface area (Å²) in [6, 6.07) is 7.47. The molecule has 1 fully saturated rings. The second-order valence-electron chi connectivity index (χ2n) is 10.2. The molecule has 0 spiro atoms. The molecule has 5 rings (SSSR count). The van der Waals surface area contributed by atoms with E-state index in [0.29, 0.717) is 63.4 Å². The summed E-state index contributed by atoms with van der Waals surface area (Å²) in [5, 5.41) is 7.50. The SMILES string of the molecule is CC(C)(C)C(=O)n1nc(-c2ccn(CC(=O)c3nccs3)c(=O)c2N2CCOCC2)cc1SCc1ccc(Cl)s1. The molecule has 5 heterocycles. The van der Waals surface area contributed by atoms with Crippen molar-refractivity contribution < 1.29 is 14.3 Å². The van der Waals surface area contributed by atoms with Crippen molar-refractivity contribution in [3.8, 4) is 11.3 Å². The number of thiophene rings is 1. The number of carbonyl (C=O) groups is 2. The molecule has 4 aromatic rings. The normalized spacial score (nSPS) is 14.1. The van der Waals surface area contributed by atoms with Crippen LogP contribution in [0.1, 0.15) is 40.2 Å². The molecule has 1 aliphatic rings. The lowest BCUT2D eigenvalue weighted by atomic mass is 9.96. The molecule has 40 heavy (non-hydrogen) atoms. The summed E-state index contributed by atoms with van der Waals surface area (Å²) in [5.74, 6) is 0.238. The maximum atomic E-state index is 13.9. The molecule has 9 nitrogen and oxygen atoms in total. The molecule has 1 aliphatic heterocycles. The van der Waals surface area contributed by atoms with Gasteiger partial charge in [0.25, 0.3) is 11.5 Å². The Labute approximate surface area is 248 Å². The van der Waals surface area contributed by atoms with E-state index in [1.807, 2.05) is 43.9 Å². The van der Waals surface area contributed by atoms with Crippen LogP contribution in [0.5, 0.6) is 0 Å². The van der Waals surface area contributed by atoms with Gasteiger partial charge in [-0.15, -0.1) is 34.4 Å². The highest BCUT2D eigenvalue weighted by Gasteiger charge is 2.29. The van der Waals surface area contributed by atoms with Gasteiger partial charge in [-0.25, -0.2) is 4.98 Å². The van der Waals surface area contributed by atoms with Crippen LogP contribution in [0.15, 0.2) is 51.9 Å². The summed E-state index contributed by atoms with van der Waals surface area (Å²) in [7, 11) is 0. The van der Waals surface area contributed by atoms with E-state index in [4.69, 9.17) is 21.4 Å². The number of rotatable bonds is 8. The number of ether oxygens (including phenoxy) is 1. The number of ketones is 1. The molecule has 0 saturated carbocycles. The van der Waals surface area contributed by atoms with Crippen molar-refractivity contribution in [3.63, 3.8) is 0 Å². The van der Waals surface area contributed by atoms with Gasteiger partial charge in [-0.2, -0.15) is 9.78 Å². The third-order valence-corrected chi connectivity index (χ3v) is 9.50. The molecule has 0 unspecified atom stereocenters. The van der Waals surface area contributed by atoms with Crippen molar-refractivity contribution in [1.82, 2.24) is 19.3 Å². The highest BCUT2D eigenvalue weighted by atomic mass is 35.5. The predicted molar refractivity (Wildman–Crippen MR) is 160 cm³/mol. The number of morpholine rings is 1. The van der Waals surface area contributed by atoms with E-state index in [1.54, 1.807) is 23.8 Å². The summed E-state index contributed by atoms with van der Waals surface area (Å²) in [5.41, 5.74) is 0.584. The molecule has 0 atom stereocenters. The number of nitrogens with zero attached hydrogens (tertiary/aromatic N) is 5. The average molecular weight is 618 g/mol. The van der Waals surface area contributed by atoms with Crippen molar-refractivity contribution in [2.45, 2.75) is 38.1 Å². The molecule has 4 aromatic heterocycles. The number of hydrogen-bond acceptors (Lipinski definition) is 10. The lowest BCUT2D eigenvalue weighted by molar-refractivity contribution is 0.0736. The maximum Gasteiger partial charge on any atom is 0.275 e. The summed E-state index contributed by atoms with van der Waals surface area (Å²) in [4.78, 5) is 47.2. The number of thiazole rings is 1. The first kappa shape index (κ1) is 28.7. The Morgan fingerprint density at radius 1 is 1.18 bits per heavy atom. The highest BCUT2D eigenvalue weighted by Crippen LogP contribution is 2.35. The highest BCUT2D eigenvalue weighted by molar-refractivity contribution is 7.98. The van der Waals surface area contributed by atoms with Gasteiger partial charge in [-0.3, -0.25) is 14.4 Å².